The molecule has 4 heteroatoms. The first-order chi connectivity index (χ1) is 11.7. The number of hydrogen-bond donors (Lipinski definition) is 1. The monoisotopic (exact) mass is 331 g/mol. The van der Waals surface area contributed by atoms with Crippen molar-refractivity contribution < 1.29 is 13.9 Å². The number of carbonyl (C=O) groups excluding carboxylic acids is 1. The Balaban J connectivity index is 0.000000505. The van der Waals surface area contributed by atoms with E-state index in [0.717, 1.165) is 36.1 Å². The molecule has 130 valence electrons. The Hall–Kier alpha value is -2.36. The molecule has 0 amide bonds. The highest BCUT2D eigenvalue weighted by Gasteiger charge is 2.09. The van der Waals surface area contributed by atoms with Crippen molar-refractivity contribution in [2.45, 2.75) is 39.7 Å². The van der Waals surface area contributed by atoms with Gasteiger partial charge in [-0.3, -0.25) is 0 Å². The highest BCUT2D eigenvalue weighted by atomic mass is 19.1. The Bertz CT molecular complexity index is 629. The van der Waals surface area contributed by atoms with Crippen LogP contribution in [-0.2, 0) is 17.8 Å². The predicted molar refractivity (Wildman–Crippen MR) is 97.1 cm³/mol. The molecule has 2 aromatic rings. The lowest BCUT2D eigenvalue weighted by molar-refractivity contribution is -0.107. The molecule has 0 aliphatic rings. The van der Waals surface area contributed by atoms with Gasteiger partial charge in [0.05, 0.1) is 0 Å². The van der Waals surface area contributed by atoms with Gasteiger partial charge in [0.2, 0.25) is 0 Å². The maximum absolute atomic E-state index is 13.8. The van der Waals surface area contributed by atoms with Crippen molar-refractivity contribution in [2.24, 2.45) is 0 Å². The minimum Gasteiger partial charge on any atom is -0.488 e. The molecule has 0 saturated heterocycles. The average molecular weight is 331 g/mol. The van der Waals surface area contributed by atoms with Gasteiger partial charge in [0.25, 0.3) is 0 Å². The highest BCUT2D eigenvalue weighted by molar-refractivity contribution is 5.51. The summed E-state index contributed by atoms with van der Waals surface area (Å²) in [5.74, 6) is 0.566. The van der Waals surface area contributed by atoms with Gasteiger partial charge in [0.1, 0.15) is 24.5 Å². The number of benzene rings is 2. The van der Waals surface area contributed by atoms with Crippen molar-refractivity contribution in [3.8, 4) is 5.75 Å². The van der Waals surface area contributed by atoms with Crippen LogP contribution in [0, 0.1) is 5.82 Å². The summed E-state index contributed by atoms with van der Waals surface area (Å²) in [7, 11) is 1.78. The van der Waals surface area contributed by atoms with Crippen LogP contribution >= 0.6 is 0 Å². The van der Waals surface area contributed by atoms with Crippen LogP contribution in [0.2, 0.25) is 0 Å². The van der Waals surface area contributed by atoms with Crippen molar-refractivity contribution in [3.63, 3.8) is 0 Å². The number of halogens is 1. The van der Waals surface area contributed by atoms with Gasteiger partial charge < -0.3 is 14.8 Å². The minimum absolute atomic E-state index is 0.222. The normalized spacial score (nSPS) is 9.67. The Morgan fingerprint density at radius 1 is 1.12 bits per heavy atom. The molecule has 0 unspecified atom stereocenters. The van der Waals surface area contributed by atoms with E-state index in [1.54, 1.807) is 13.1 Å². The standard InChI is InChI=1S/C16H18FNO.C4H8O/c1-3-12-7-4-5-10-16(12)19-11-13-14(17)8-6-9-15(13)18-2;1-2-3-4-5/h4-10,18H,3,11H2,1-2H3;4H,2-3H2,1H3. The molecule has 0 aliphatic carbocycles. The topological polar surface area (TPSA) is 38.3 Å². The SMILES string of the molecule is CCCC=O.CCc1ccccc1OCc1c(F)cccc1NC. The number of para-hydroxylation sites is 1. The van der Waals surface area contributed by atoms with Crippen molar-refractivity contribution in [3.05, 3.63) is 59.4 Å². The molecule has 0 aromatic heterocycles. The van der Waals surface area contributed by atoms with Gasteiger partial charge in [-0.25, -0.2) is 4.39 Å². The van der Waals surface area contributed by atoms with E-state index in [4.69, 9.17) is 4.74 Å². The van der Waals surface area contributed by atoms with Crippen molar-refractivity contribution in [2.75, 3.05) is 12.4 Å². The number of ether oxygens (including phenoxy) is 1. The summed E-state index contributed by atoms with van der Waals surface area (Å²) in [4.78, 5) is 9.40. The van der Waals surface area contributed by atoms with Gasteiger partial charge in [-0.2, -0.15) is 0 Å². The van der Waals surface area contributed by atoms with Gasteiger partial charge in [-0.1, -0.05) is 38.1 Å². The summed E-state index contributed by atoms with van der Waals surface area (Å²) in [6.45, 7) is 4.28. The van der Waals surface area contributed by atoms with Gasteiger partial charge in [0, 0.05) is 24.7 Å². The van der Waals surface area contributed by atoms with Gasteiger partial charge in [0.15, 0.2) is 0 Å². The average Bonchev–Trinajstić information content (AvgIpc) is 2.62. The van der Waals surface area contributed by atoms with Crippen LogP contribution in [0.5, 0.6) is 5.75 Å². The predicted octanol–water partition coefficient (Wildman–Crippen LogP) is 4.99. The highest BCUT2D eigenvalue weighted by Crippen LogP contribution is 2.23. The Morgan fingerprint density at radius 2 is 1.88 bits per heavy atom. The fourth-order valence-corrected chi connectivity index (χ4v) is 2.14. The van der Waals surface area contributed by atoms with E-state index in [2.05, 4.69) is 12.2 Å². The Kier molecular flexibility index (Phi) is 9.20. The zero-order valence-corrected chi connectivity index (χ0v) is 14.6. The summed E-state index contributed by atoms with van der Waals surface area (Å²) < 4.78 is 19.6. The molecule has 0 aliphatic heterocycles. The molecule has 0 saturated carbocycles. The molecule has 0 heterocycles. The van der Waals surface area contributed by atoms with Crippen LogP contribution < -0.4 is 10.1 Å². The summed E-state index contributed by atoms with van der Waals surface area (Å²) in [5.41, 5.74) is 2.44. The Labute approximate surface area is 143 Å². The van der Waals surface area contributed by atoms with E-state index >= 15 is 0 Å². The number of carbonyl (C=O) groups is 1. The van der Waals surface area contributed by atoms with Crippen molar-refractivity contribution >= 4 is 12.0 Å². The smallest absolute Gasteiger partial charge is 0.131 e. The van der Waals surface area contributed by atoms with Crippen molar-refractivity contribution in [1.82, 2.24) is 0 Å². The van der Waals surface area contributed by atoms with Gasteiger partial charge in [-0.15, -0.1) is 0 Å². The second-order valence-corrected chi connectivity index (χ2v) is 5.22. The maximum atomic E-state index is 13.8. The lowest BCUT2D eigenvalue weighted by atomic mass is 10.1. The third-order valence-electron chi connectivity index (χ3n) is 3.52. The summed E-state index contributed by atoms with van der Waals surface area (Å²) >= 11 is 0. The number of nitrogens with one attached hydrogen (secondary N) is 1. The first-order valence-corrected chi connectivity index (χ1v) is 8.27. The summed E-state index contributed by atoms with van der Waals surface area (Å²) in [6.07, 6.45) is 3.51. The zero-order chi connectivity index (χ0) is 17.8. The van der Waals surface area contributed by atoms with Crippen LogP contribution in [-0.4, -0.2) is 13.3 Å². The lowest BCUT2D eigenvalue weighted by Gasteiger charge is -2.13. The van der Waals surface area contributed by atoms with Crippen LogP contribution in [0.15, 0.2) is 42.5 Å². The number of aldehydes is 1. The Morgan fingerprint density at radius 3 is 2.46 bits per heavy atom. The van der Waals surface area contributed by atoms with Crippen molar-refractivity contribution in [1.29, 1.82) is 0 Å². The fraction of sp³-hybridized carbons (Fsp3) is 0.350. The molecule has 1 N–H and O–H groups in total. The number of anilines is 1. The minimum atomic E-state index is -0.249. The third kappa shape index (κ3) is 6.03. The lowest BCUT2D eigenvalue weighted by Crippen LogP contribution is -2.04. The van der Waals surface area contributed by atoms with Crippen LogP contribution in [0.4, 0.5) is 10.1 Å². The van der Waals surface area contributed by atoms with Gasteiger partial charge in [-0.05, 0) is 36.6 Å². The van der Waals surface area contributed by atoms with E-state index in [1.807, 2.05) is 37.3 Å². The second kappa shape index (κ2) is 11.2. The largest absolute Gasteiger partial charge is 0.488 e. The molecule has 0 bridgehead atoms. The fourth-order valence-electron chi connectivity index (χ4n) is 2.14. The molecular formula is C20H26FNO2. The molecule has 0 spiro atoms. The number of aryl methyl sites for hydroxylation is 1. The molecule has 2 rings (SSSR count). The number of unbranched alkanes of at least 4 members (excludes halogenated alkanes) is 1. The summed E-state index contributed by atoms with van der Waals surface area (Å²) in [6, 6.07) is 12.8. The van der Waals surface area contributed by atoms with Crippen LogP contribution in [0.3, 0.4) is 0 Å². The maximum Gasteiger partial charge on any atom is 0.131 e. The molecule has 0 radical (unpaired) electrons. The van der Waals surface area contributed by atoms with E-state index in [0.29, 0.717) is 12.0 Å². The second-order valence-electron chi connectivity index (χ2n) is 5.22. The summed E-state index contributed by atoms with van der Waals surface area (Å²) in [5, 5.41) is 2.98. The van der Waals surface area contributed by atoms with Gasteiger partial charge >= 0.3 is 0 Å². The molecular weight excluding hydrogens is 305 g/mol. The third-order valence-corrected chi connectivity index (χ3v) is 3.52. The molecule has 0 fully saturated rings. The molecule has 2 aromatic carbocycles. The quantitative estimate of drug-likeness (QED) is 0.726. The first kappa shape index (κ1) is 19.7. The van der Waals surface area contributed by atoms with Crippen LogP contribution in [0.1, 0.15) is 37.8 Å². The van der Waals surface area contributed by atoms with E-state index in [9.17, 15) is 9.18 Å². The van der Waals surface area contributed by atoms with E-state index < -0.39 is 0 Å². The molecule has 3 nitrogen and oxygen atoms in total. The zero-order valence-electron chi connectivity index (χ0n) is 14.6. The van der Waals surface area contributed by atoms with E-state index in [-0.39, 0.29) is 12.4 Å². The molecule has 0 atom stereocenters. The number of hydrogen-bond acceptors (Lipinski definition) is 3. The first-order valence-electron chi connectivity index (χ1n) is 8.27. The van der Waals surface area contributed by atoms with Crippen LogP contribution in [0.25, 0.3) is 0 Å². The number of rotatable bonds is 7. The van der Waals surface area contributed by atoms with E-state index in [1.165, 1.54) is 6.07 Å². The molecule has 24 heavy (non-hydrogen) atoms.